The van der Waals surface area contributed by atoms with Gasteiger partial charge in [0.25, 0.3) is 0 Å². The number of hydrogen-bond donors (Lipinski definition) is 1. The molecule has 0 aromatic heterocycles. The molecule has 2 aromatic rings. The van der Waals surface area contributed by atoms with Crippen molar-refractivity contribution >= 4 is 40.6 Å². The van der Waals surface area contributed by atoms with E-state index >= 15 is 0 Å². The molecular formula is C19H14Cl2F3N5O. The van der Waals surface area contributed by atoms with Gasteiger partial charge in [0.05, 0.1) is 28.0 Å². The molecule has 0 bridgehead atoms. The molecule has 0 amide bonds. The normalized spacial score (nSPS) is 16.5. The van der Waals surface area contributed by atoms with E-state index in [9.17, 15) is 13.2 Å². The second-order valence-electron chi connectivity index (χ2n) is 6.29. The molecule has 3 rings (SSSR count). The average Bonchev–Trinajstić information content (AvgIpc) is 3.04. The van der Waals surface area contributed by atoms with E-state index in [-0.39, 0.29) is 17.6 Å². The lowest BCUT2D eigenvalue weighted by atomic mass is 9.99. The molecule has 1 aliphatic rings. The Morgan fingerprint density at radius 1 is 1.30 bits per heavy atom. The predicted octanol–water partition coefficient (Wildman–Crippen LogP) is 5.15. The van der Waals surface area contributed by atoms with E-state index in [0.29, 0.717) is 22.3 Å². The van der Waals surface area contributed by atoms with Crippen LogP contribution in [0.5, 0.6) is 5.75 Å². The molecule has 0 fully saturated rings. The zero-order valence-electron chi connectivity index (χ0n) is 15.4. The maximum atomic E-state index is 13.8. The number of guanidine groups is 1. The van der Waals surface area contributed by atoms with Crippen LogP contribution in [0.4, 0.5) is 18.9 Å². The number of nitriles is 1. The molecule has 156 valence electrons. The van der Waals surface area contributed by atoms with Gasteiger partial charge in [-0.1, -0.05) is 36.2 Å². The predicted molar refractivity (Wildman–Crippen MR) is 108 cm³/mol. The van der Waals surface area contributed by atoms with Gasteiger partial charge >= 0.3 is 6.61 Å². The summed E-state index contributed by atoms with van der Waals surface area (Å²) in [7, 11) is 0. The first kappa shape index (κ1) is 21.7. The van der Waals surface area contributed by atoms with Crippen molar-refractivity contribution in [2.45, 2.75) is 13.5 Å². The number of rotatable bonds is 4. The Morgan fingerprint density at radius 2 is 2.07 bits per heavy atom. The van der Waals surface area contributed by atoms with Crippen LogP contribution in [0.1, 0.15) is 12.5 Å². The molecule has 0 radical (unpaired) electrons. The monoisotopic (exact) mass is 455 g/mol. The number of halogens is 5. The van der Waals surface area contributed by atoms with Crippen molar-refractivity contribution in [1.82, 2.24) is 10.3 Å². The highest BCUT2D eigenvalue weighted by atomic mass is 35.5. The van der Waals surface area contributed by atoms with Crippen LogP contribution >= 0.6 is 23.2 Å². The molecule has 1 heterocycles. The molecule has 0 aliphatic carbocycles. The molecule has 1 aliphatic heterocycles. The van der Waals surface area contributed by atoms with Crippen molar-refractivity contribution in [3.63, 3.8) is 0 Å². The van der Waals surface area contributed by atoms with Crippen LogP contribution in [0.2, 0.25) is 10.0 Å². The largest absolute Gasteiger partial charge is 0.435 e. The molecule has 1 unspecified atom stereocenters. The fourth-order valence-electron chi connectivity index (χ4n) is 2.85. The number of hydrogen-bond acceptors (Lipinski definition) is 4. The summed E-state index contributed by atoms with van der Waals surface area (Å²) in [6.45, 7) is -0.834. The summed E-state index contributed by atoms with van der Waals surface area (Å²) in [6.07, 6.45) is 1.74. The van der Waals surface area contributed by atoms with Crippen LogP contribution in [0, 0.1) is 23.2 Å². The summed E-state index contributed by atoms with van der Waals surface area (Å²) in [5.41, 5.74) is 1.39. The third-order valence-electron chi connectivity index (χ3n) is 4.09. The van der Waals surface area contributed by atoms with E-state index in [1.165, 1.54) is 5.01 Å². The Hall–Kier alpha value is -2.96. The Balaban J connectivity index is 1.95. The summed E-state index contributed by atoms with van der Waals surface area (Å²) in [5.74, 6) is -1.28. The molecule has 1 atom stereocenters. The molecule has 0 saturated carbocycles. The Morgan fingerprint density at radius 3 is 2.73 bits per heavy atom. The summed E-state index contributed by atoms with van der Waals surface area (Å²) < 4.78 is 42.9. The number of hydrazone groups is 1. The minimum absolute atomic E-state index is 0.00647. The van der Waals surface area contributed by atoms with Crippen LogP contribution in [-0.2, 0) is 0 Å². The SMILES string of the molecule is CC1CN(C(=Nc2cc(F)cc(OC(F)F)c2)NC#N)N=C1c1ccc(Cl)c(Cl)c1. The van der Waals surface area contributed by atoms with Crippen LogP contribution in [-0.4, -0.2) is 29.8 Å². The smallest absolute Gasteiger partial charge is 0.387 e. The average molecular weight is 456 g/mol. The van der Waals surface area contributed by atoms with Gasteiger partial charge in [0.15, 0.2) is 6.19 Å². The van der Waals surface area contributed by atoms with Gasteiger partial charge in [0.2, 0.25) is 5.96 Å². The van der Waals surface area contributed by atoms with Crippen molar-refractivity contribution in [3.05, 3.63) is 57.8 Å². The highest BCUT2D eigenvalue weighted by molar-refractivity contribution is 6.42. The van der Waals surface area contributed by atoms with Crippen LogP contribution in [0.25, 0.3) is 0 Å². The number of alkyl halides is 2. The van der Waals surface area contributed by atoms with E-state index in [2.05, 4.69) is 20.1 Å². The number of benzene rings is 2. The summed E-state index contributed by atoms with van der Waals surface area (Å²) in [4.78, 5) is 4.14. The van der Waals surface area contributed by atoms with Gasteiger partial charge in [-0.05, 0) is 23.8 Å². The summed E-state index contributed by atoms with van der Waals surface area (Å²) in [6, 6.07) is 8.04. The minimum atomic E-state index is -3.11. The second-order valence-corrected chi connectivity index (χ2v) is 7.11. The van der Waals surface area contributed by atoms with E-state index in [4.69, 9.17) is 28.5 Å². The third kappa shape index (κ3) is 5.14. The number of nitrogens with one attached hydrogen (secondary N) is 1. The van der Waals surface area contributed by atoms with Gasteiger partial charge in [-0.25, -0.2) is 14.4 Å². The quantitative estimate of drug-likeness (QED) is 0.299. The van der Waals surface area contributed by atoms with Gasteiger partial charge in [-0.2, -0.15) is 19.1 Å². The van der Waals surface area contributed by atoms with E-state index in [1.807, 2.05) is 6.92 Å². The molecule has 0 spiro atoms. The zero-order valence-corrected chi connectivity index (χ0v) is 16.9. The zero-order chi connectivity index (χ0) is 21.8. The molecule has 6 nitrogen and oxygen atoms in total. The first-order chi connectivity index (χ1) is 14.3. The Kier molecular flexibility index (Phi) is 6.70. The Labute approximate surface area is 180 Å². The van der Waals surface area contributed by atoms with E-state index in [1.54, 1.807) is 24.4 Å². The molecule has 11 heteroatoms. The third-order valence-corrected chi connectivity index (χ3v) is 4.82. The van der Waals surface area contributed by atoms with Crippen molar-refractivity contribution in [3.8, 4) is 11.9 Å². The molecule has 2 aromatic carbocycles. The lowest BCUT2D eigenvalue weighted by Crippen LogP contribution is -2.35. The van der Waals surface area contributed by atoms with Crippen LogP contribution < -0.4 is 10.1 Å². The van der Waals surface area contributed by atoms with Crippen LogP contribution in [0.3, 0.4) is 0 Å². The van der Waals surface area contributed by atoms with Crippen molar-refractivity contribution in [2.75, 3.05) is 6.54 Å². The molecule has 30 heavy (non-hydrogen) atoms. The second kappa shape index (κ2) is 9.24. The number of nitrogens with zero attached hydrogens (tertiary/aromatic N) is 4. The lowest BCUT2D eigenvalue weighted by molar-refractivity contribution is -0.0499. The van der Waals surface area contributed by atoms with E-state index < -0.39 is 18.2 Å². The standard InChI is InChI=1S/C19H14Cl2F3N5O/c1-10-8-29(28-17(10)11-2-3-15(20)16(21)4-11)19(26-9-25)27-13-5-12(22)6-14(7-13)30-18(23)24/h2-7,10,18H,8H2,1H3,(H,26,27). The van der Waals surface area contributed by atoms with Gasteiger partial charge in [0.1, 0.15) is 11.6 Å². The molecule has 0 saturated heterocycles. The first-order valence-corrected chi connectivity index (χ1v) is 9.33. The highest BCUT2D eigenvalue weighted by Crippen LogP contribution is 2.28. The summed E-state index contributed by atoms with van der Waals surface area (Å²) in [5, 5.41) is 18.1. The van der Waals surface area contributed by atoms with Crippen molar-refractivity contribution in [2.24, 2.45) is 16.0 Å². The Bertz CT molecular complexity index is 1050. The number of ether oxygens (including phenoxy) is 1. The van der Waals surface area contributed by atoms with E-state index in [0.717, 1.165) is 23.8 Å². The van der Waals surface area contributed by atoms with Gasteiger partial charge in [0, 0.05) is 18.1 Å². The van der Waals surface area contributed by atoms with Gasteiger partial charge < -0.3 is 4.74 Å². The maximum Gasteiger partial charge on any atom is 0.387 e. The fraction of sp³-hybridized carbons (Fsp3) is 0.211. The first-order valence-electron chi connectivity index (χ1n) is 8.57. The minimum Gasteiger partial charge on any atom is -0.435 e. The summed E-state index contributed by atoms with van der Waals surface area (Å²) >= 11 is 12.0. The van der Waals surface area contributed by atoms with Gasteiger partial charge in [-0.15, -0.1) is 0 Å². The fourth-order valence-corrected chi connectivity index (χ4v) is 3.15. The van der Waals surface area contributed by atoms with Crippen LogP contribution in [0.15, 0.2) is 46.5 Å². The van der Waals surface area contributed by atoms with Crippen molar-refractivity contribution in [1.29, 1.82) is 5.26 Å². The lowest BCUT2D eigenvalue weighted by Gasteiger charge is -2.15. The highest BCUT2D eigenvalue weighted by Gasteiger charge is 2.27. The number of aliphatic imine (C=N–C) groups is 1. The molecule has 1 N–H and O–H groups in total. The maximum absolute atomic E-state index is 13.8. The topological polar surface area (TPSA) is 73.0 Å². The van der Waals surface area contributed by atoms with Gasteiger partial charge in [-0.3, -0.25) is 5.32 Å². The van der Waals surface area contributed by atoms with Crippen molar-refractivity contribution < 1.29 is 17.9 Å². The molecular weight excluding hydrogens is 442 g/mol.